The standard InChI is InChI=1S/C15H25N3O/c1-3-18(4-2)10-6-9-17-12-15(19)13-7-5-8-14(16)11-13/h5,7-8,11,17H,3-4,6,9-10,12,16H2,1-2H3. The highest BCUT2D eigenvalue weighted by Gasteiger charge is 2.05. The van der Waals surface area contributed by atoms with E-state index in [0.29, 0.717) is 17.8 Å². The molecule has 19 heavy (non-hydrogen) atoms. The van der Waals surface area contributed by atoms with Crippen molar-refractivity contribution in [2.24, 2.45) is 0 Å². The van der Waals surface area contributed by atoms with Crippen LogP contribution in [-0.2, 0) is 0 Å². The number of nitrogens with two attached hydrogens (primary N) is 1. The van der Waals surface area contributed by atoms with Crippen LogP contribution in [0.25, 0.3) is 0 Å². The average Bonchev–Trinajstić information content (AvgIpc) is 2.42. The lowest BCUT2D eigenvalue weighted by atomic mass is 10.1. The summed E-state index contributed by atoms with van der Waals surface area (Å²) in [6.07, 6.45) is 1.06. The first kappa shape index (κ1) is 15.7. The van der Waals surface area contributed by atoms with Crippen molar-refractivity contribution >= 4 is 11.5 Å². The van der Waals surface area contributed by atoms with E-state index in [-0.39, 0.29) is 5.78 Å². The fraction of sp³-hybridized carbons (Fsp3) is 0.533. The van der Waals surface area contributed by atoms with Gasteiger partial charge in [-0.25, -0.2) is 0 Å². The zero-order chi connectivity index (χ0) is 14.1. The van der Waals surface area contributed by atoms with E-state index < -0.39 is 0 Å². The van der Waals surface area contributed by atoms with Crippen LogP contribution in [0.15, 0.2) is 24.3 Å². The minimum Gasteiger partial charge on any atom is -0.399 e. The van der Waals surface area contributed by atoms with Crippen LogP contribution in [0.3, 0.4) is 0 Å². The quantitative estimate of drug-likeness (QED) is 0.405. The molecule has 0 unspecified atom stereocenters. The summed E-state index contributed by atoms with van der Waals surface area (Å²) in [5, 5.41) is 3.19. The second-order valence-corrected chi connectivity index (χ2v) is 4.61. The van der Waals surface area contributed by atoms with Crippen LogP contribution >= 0.6 is 0 Å². The first-order chi connectivity index (χ1) is 9.17. The molecule has 1 aromatic rings. The Balaban J connectivity index is 2.21. The van der Waals surface area contributed by atoms with Gasteiger partial charge in [-0.3, -0.25) is 4.79 Å². The highest BCUT2D eigenvalue weighted by Crippen LogP contribution is 2.06. The van der Waals surface area contributed by atoms with E-state index in [4.69, 9.17) is 5.73 Å². The smallest absolute Gasteiger partial charge is 0.176 e. The maximum Gasteiger partial charge on any atom is 0.176 e. The molecule has 0 heterocycles. The van der Waals surface area contributed by atoms with Crippen molar-refractivity contribution in [2.75, 3.05) is 38.5 Å². The van der Waals surface area contributed by atoms with E-state index in [2.05, 4.69) is 24.1 Å². The van der Waals surface area contributed by atoms with E-state index in [9.17, 15) is 4.79 Å². The molecule has 1 rings (SSSR count). The minimum absolute atomic E-state index is 0.0927. The molecular weight excluding hydrogens is 238 g/mol. The second-order valence-electron chi connectivity index (χ2n) is 4.61. The van der Waals surface area contributed by atoms with Gasteiger partial charge >= 0.3 is 0 Å². The van der Waals surface area contributed by atoms with Crippen molar-refractivity contribution in [3.8, 4) is 0 Å². The van der Waals surface area contributed by atoms with Crippen LogP contribution in [-0.4, -0.2) is 43.4 Å². The van der Waals surface area contributed by atoms with Gasteiger partial charge in [0.05, 0.1) is 6.54 Å². The molecule has 0 aliphatic rings. The van der Waals surface area contributed by atoms with E-state index in [1.165, 1.54) is 0 Å². The summed E-state index contributed by atoms with van der Waals surface area (Å²) in [4.78, 5) is 14.3. The molecule has 1 aromatic carbocycles. The van der Waals surface area contributed by atoms with Crippen molar-refractivity contribution in [3.63, 3.8) is 0 Å². The molecule has 0 amide bonds. The molecule has 0 atom stereocenters. The fourth-order valence-corrected chi connectivity index (χ4v) is 1.98. The number of ketones is 1. The highest BCUT2D eigenvalue weighted by molar-refractivity contribution is 5.98. The third-order valence-corrected chi connectivity index (χ3v) is 3.22. The lowest BCUT2D eigenvalue weighted by Crippen LogP contribution is -2.29. The largest absolute Gasteiger partial charge is 0.399 e. The van der Waals surface area contributed by atoms with E-state index in [0.717, 1.165) is 32.6 Å². The van der Waals surface area contributed by atoms with E-state index in [1.807, 2.05) is 6.07 Å². The molecule has 0 saturated carbocycles. The van der Waals surface area contributed by atoms with Gasteiger partial charge < -0.3 is 16.0 Å². The van der Waals surface area contributed by atoms with E-state index in [1.54, 1.807) is 18.2 Å². The predicted molar refractivity (Wildman–Crippen MR) is 80.5 cm³/mol. The topological polar surface area (TPSA) is 58.4 Å². The van der Waals surface area contributed by atoms with Crippen LogP contribution in [0.4, 0.5) is 5.69 Å². The Labute approximate surface area is 116 Å². The maximum absolute atomic E-state index is 11.9. The average molecular weight is 263 g/mol. The maximum atomic E-state index is 11.9. The fourth-order valence-electron chi connectivity index (χ4n) is 1.98. The number of carbonyl (C=O) groups excluding carboxylic acids is 1. The van der Waals surface area contributed by atoms with Gasteiger partial charge in [-0.1, -0.05) is 26.0 Å². The van der Waals surface area contributed by atoms with E-state index >= 15 is 0 Å². The molecule has 0 fully saturated rings. The number of hydrogen-bond donors (Lipinski definition) is 2. The summed E-state index contributed by atoms with van der Waals surface area (Å²) < 4.78 is 0. The Morgan fingerprint density at radius 3 is 2.68 bits per heavy atom. The molecule has 106 valence electrons. The van der Waals surface area contributed by atoms with Crippen LogP contribution in [0.5, 0.6) is 0 Å². The Hall–Kier alpha value is -1.39. The number of Topliss-reactive ketones (excluding diaryl/α,β-unsaturated/α-hetero) is 1. The summed E-state index contributed by atoms with van der Waals surface area (Å²) in [5.74, 6) is 0.0927. The number of benzene rings is 1. The molecule has 0 aliphatic heterocycles. The lowest BCUT2D eigenvalue weighted by Gasteiger charge is -2.17. The molecular formula is C15H25N3O. The summed E-state index contributed by atoms with van der Waals surface area (Å²) in [5.41, 5.74) is 6.97. The van der Waals surface area contributed by atoms with Crippen molar-refractivity contribution in [1.82, 2.24) is 10.2 Å². The SMILES string of the molecule is CCN(CC)CCCNCC(=O)c1cccc(N)c1. The molecule has 3 N–H and O–H groups in total. The molecule has 0 aromatic heterocycles. The zero-order valence-electron chi connectivity index (χ0n) is 12.0. The molecule has 0 aliphatic carbocycles. The zero-order valence-corrected chi connectivity index (χ0v) is 12.0. The van der Waals surface area contributed by atoms with Crippen molar-refractivity contribution in [3.05, 3.63) is 29.8 Å². The highest BCUT2D eigenvalue weighted by atomic mass is 16.1. The number of nitrogens with one attached hydrogen (secondary N) is 1. The van der Waals surface area contributed by atoms with Crippen LogP contribution in [0, 0.1) is 0 Å². The summed E-state index contributed by atoms with van der Waals surface area (Å²) in [6.45, 7) is 8.82. The number of rotatable bonds is 9. The summed E-state index contributed by atoms with van der Waals surface area (Å²) in [7, 11) is 0. The van der Waals surface area contributed by atoms with Gasteiger partial charge in [0.25, 0.3) is 0 Å². The number of anilines is 1. The Morgan fingerprint density at radius 2 is 2.05 bits per heavy atom. The van der Waals surface area contributed by atoms with Gasteiger partial charge in [-0.15, -0.1) is 0 Å². The third kappa shape index (κ3) is 5.85. The Morgan fingerprint density at radius 1 is 1.32 bits per heavy atom. The molecule has 0 bridgehead atoms. The number of carbonyl (C=O) groups is 1. The predicted octanol–water partition coefficient (Wildman–Crippen LogP) is 1.77. The molecule has 4 heteroatoms. The van der Waals surface area contributed by atoms with Crippen LogP contribution in [0.2, 0.25) is 0 Å². The van der Waals surface area contributed by atoms with Gasteiger partial charge in [0, 0.05) is 11.3 Å². The summed E-state index contributed by atoms with van der Waals surface area (Å²) in [6, 6.07) is 7.12. The van der Waals surface area contributed by atoms with Gasteiger partial charge in [0.15, 0.2) is 5.78 Å². The van der Waals surface area contributed by atoms with Crippen LogP contribution in [0.1, 0.15) is 30.6 Å². The van der Waals surface area contributed by atoms with Gasteiger partial charge in [0.2, 0.25) is 0 Å². The number of hydrogen-bond acceptors (Lipinski definition) is 4. The first-order valence-electron chi connectivity index (χ1n) is 6.99. The van der Waals surface area contributed by atoms with Gasteiger partial charge in [-0.05, 0) is 44.7 Å². The lowest BCUT2D eigenvalue weighted by molar-refractivity contribution is 0.0991. The molecule has 0 saturated heterocycles. The third-order valence-electron chi connectivity index (χ3n) is 3.22. The molecule has 0 spiro atoms. The van der Waals surface area contributed by atoms with Crippen molar-refractivity contribution < 1.29 is 4.79 Å². The molecule has 0 radical (unpaired) electrons. The van der Waals surface area contributed by atoms with Gasteiger partial charge in [-0.2, -0.15) is 0 Å². The number of nitrogen functional groups attached to an aromatic ring is 1. The first-order valence-corrected chi connectivity index (χ1v) is 6.99. The Kier molecular flexibility index (Phi) is 7.15. The Bertz CT molecular complexity index is 389. The van der Waals surface area contributed by atoms with Gasteiger partial charge in [0.1, 0.15) is 0 Å². The number of nitrogens with zero attached hydrogens (tertiary/aromatic N) is 1. The van der Waals surface area contributed by atoms with Crippen LogP contribution < -0.4 is 11.1 Å². The van der Waals surface area contributed by atoms with Crippen molar-refractivity contribution in [2.45, 2.75) is 20.3 Å². The summed E-state index contributed by atoms with van der Waals surface area (Å²) >= 11 is 0. The van der Waals surface area contributed by atoms with Crippen molar-refractivity contribution in [1.29, 1.82) is 0 Å². The normalized spacial score (nSPS) is 10.9. The second kappa shape index (κ2) is 8.67. The minimum atomic E-state index is 0.0927. The monoisotopic (exact) mass is 263 g/mol. The molecule has 4 nitrogen and oxygen atoms in total.